The van der Waals surface area contributed by atoms with Crippen molar-refractivity contribution in [2.24, 2.45) is 0 Å². The van der Waals surface area contributed by atoms with E-state index in [1.807, 2.05) is 0 Å². The van der Waals surface area contributed by atoms with Crippen LogP contribution in [0.5, 0.6) is 5.75 Å². The Balaban J connectivity index is 1.05. The molecule has 0 radical (unpaired) electrons. The number of aryl methyl sites for hydroxylation is 2. The molecular weight excluding hydrogens is 461 g/mol. The minimum atomic E-state index is -4.29. The number of ether oxygens (including phenoxy) is 1. The minimum Gasteiger partial charge on any atom is -0.489 e. The third-order valence-corrected chi connectivity index (χ3v) is 7.40. The summed E-state index contributed by atoms with van der Waals surface area (Å²) in [4.78, 5) is 4.59. The molecule has 3 aromatic rings. The zero-order chi connectivity index (χ0) is 25.0. The fraction of sp³-hybridized carbons (Fsp3) is 0.400. The second-order valence-corrected chi connectivity index (χ2v) is 9.87. The molecule has 0 amide bonds. The Kier molecular flexibility index (Phi) is 7.51. The van der Waals surface area contributed by atoms with Crippen molar-refractivity contribution < 1.29 is 17.9 Å². The van der Waals surface area contributed by atoms with Crippen LogP contribution in [0.3, 0.4) is 0 Å². The molecule has 0 atom stereocenters. The predicted octanol–water partition coefficient (Wildman–Crippen LogP) is 6.53. The molecule has 1 saturated heterocycles. The monoisotopic (exact) mass is 494 g/mol. The molecule has 3 nitrogen and oxygen atoms in total. The molecule has 190 valence electrons. The van der Waals surface area contributed by atoms with Crippen molar-refractivity contribution in [3.8, 4) is 5.75 Å². The van der Waals surface area contributed by atoms with Gasteiger partial charge in [-0.15, -0.1) is 0 Å². The number of alkyl halides is 3. The minimum absolute atomic E-state index is 0.574. The van der Waals surface area contributed by atoms with Crippen LogP contribution in [-0.2, 0) is 32.0 Å². The molecule has 0 saturated carbocycles. The molecule has 1 fully saturated rings. The molecule has 0 unspecified atom stereocenters. The number of benzene rings is 3. The van der Waals surface area contributed by atoms with Crippen LogP contribution in [-0.4, -0.2) is 37.6 Å². The van der Waals surface area contributed by atoms with Crippen molar-refractivity contribution >= 4 is 5.69 Å². The smallest absolute Gasteiger partial charge is 0.416 e. The van der Waals surface area contributed by atoms with E-state index < -0.39 is 11.7 Å². The van der Waals surface area contributed by atoms with Crippen LogP contribution in [0.2, 0.25) is 0 Å². The van der Waals surface area contributed by atoms with Crippen LogP contribution < -0.4 is 9.64 Å². The fourth-order valence-electron chi connectivity index (χ4n) is 5.15. The molecule has 0 aromatic heterocycles. The first-order chi connectivity index (χ1) is 17.4. The largest absolute Gasteiger partial charge is 0.489 e. The van der Waals surface area contributed by atoms with Gasteiger partial charge in [-0.2, -0.15) is 13.2 Å². The van der Waals surface area contributed by atoms with E-state index in [0.717, 1.165) is 57.0 Å². The van der Waals surface area contributed by atoms with Crippen LogP contribution >= 0.6 is 0 Å². The first-order valence-corrected chi connectivity index (χ1v) is 12.9. The third-order valence-electron chi connectivity index (χ3n) is 7.40. The SMILES string of the molecule is FC(F)(F)c1ccc(N2CCN(CCc3ccc(COc4ccc5c(c4)CCCC5)cc3)CC2)cc1. The van der Waals surface area contributed by atoms with E-state index in [0.29, 0.717) is 6.61 Å². The average Bonchev–Trinajstić information content (AvgIpc) is 2.91. The first-order valence-electron chi connectivity index (χ1n) is 12.9. The number of nitrogens with zero attached hydrogens (tertiary/aromatic N) is 2. The van der Waals surface area contributed by atoms with Gasteiger partial charge in [0.25, 0.3) is 0 Å². The van der Waals surface area contributed by atoms with E-state index >= 15 is 0 Å². The van der Waals surface area contributed by atoms with Crippen LogP contribution in [0.4, 0.5) is 18.9 Å². The van der Waals surface area contributed by atoms with Crippen LogP contribution in [0.15, 0.2) is 66.7 Å². The van der Waals surface area contributed by atoms with E-state index in [-0.39, 0.29) is 0 Å². The van der Waals surface area contributed by atoms with Gasteiger partial charge in [-0.05, 0) is 90.8 Å². The third kappa shape index (κ3) is 6.22. The van der Waals surface area contributed by atoms with Crippen molar-refractivity contribution in [3.63, 3.8) is 0 Å². The Morgan fingerprint density at radius 2 is 1.39 bits per heavy atom. The predicted molar refractivity (Wildman–Crippen MR) is 138 cm³/mol. The van der Waals surface area contributed by atoms with Gasteiger partial charge in [-0.3, -0.25) is 4.90 Å². The van der Waals surface area contributed by atoms with Gasteiger partial charge < -0.3 is 9.64 Å². The maximum Gasteiger partial charge on any atom is 0.416 e. The zero-order valence-electron chi connectivity index (χ0n) is 20.6. The quantitative estimate of drug-likeness (QED) is 0.372. The number of hydrogen-bond donors (Lipinski definition) is 0. The number of anilines is 1. The Morgan fingerprint density at radius 1 is 0.722 bits per heavy atom. The van der Waals surface area contributed by atoms with Gasteiger partial charge in [0.05, 0.1) is 5.56 Å². The van der Waals surface area contributed by atoms with Gasteiger partial charge in [0.1, 0.15) is 12.4 Å². The lowest BCUT2D eigenvalue weighted by molar-refractivity contribution is -0.137. The van der Waals surface area contributed by atoms with Gasteiger partial charge in [0.15, 0.2) is 0 Å². The number of hydrogen-bond acceptors (Lipinski definition) is 3. The molecule has 36 heavy (non-hydrogen) atoms. The second kappa shape index (κ2) is 11.0. The molecule has 3 aromatic carbocycles. The normalized spacial score (nSPS) is 16.6. The summed E-state index contributed by atoms with van der Waals surface area (Å²) in [6.45, 7) is 5.02. The van der Waals surface area contributed by atoms with Gasteiger partial charge in [0.2, 0.25) is 0 Å². The maximum absolute atomic E-state index is 12.8. The topological polar surface area (TPSA) is 15.7 Å². The maximum atomic E-state index is 12.8. The Morgan fingerprint density at radius 3 is 2.08 bits per heavy atom. The number of halogens is 3. The van der Waals surface area contributed by atoms with Crippen LogP contribution in [0.25, 0.3) is 0 Å². The summed E-state index contributed by atoms with van der Waals surface area (Å²) in [6.07, 6.45) is 1.60. The second-order valence-electron chi connectivity index (χ2n) is 9.87. The van der Waals surface area contributed by atoms with E-state index in [1.165, 1.54) is 53.6 Å². The number of rotatable bonds is 7. The highest BCUT2D eigenvalue weighted by molar-refractivity contribution is 5.48. The molecule has 6 heteroatoms. The molecule has 0 bridgehead atoms. The Labute approximate surface area is 211 Å². The van der Waals surface area contributed by atoms with Crippen molar-refractivity contribution in [1.82, 2.24) is 4.90 Å². The van der Waals surface area contributed by atoms with Gasteiger partial charge >= 0.3 is 6.18 Å². The average molecular weight is 495 g/mol. The van der Waals surface area contributed by atoms with Gasteiger partial charge in [-0.1, -0.05) is 30.3 Å². The molecule has 0 N–H and O–H groups in total. The van der Waals surface area contributed by atoms with Crippen molar-refractivity contribution in [3.05, 3.63) is 94.5 Å². The lowest BCUT2D eigenvalue weighted by atomic mass is 9.92. The van der Waals surface area contributed by atoms with E-state index in [1.54, 1.807) is 12.1 Å². The Hall–Kier alpha value is -2.99. The summed E-state index contributed by atoms with van der Waals surface area (Å²) in [5.74, 6) is 0.954. The molecular formula is C30H33F3N2O. The molecule has 2 aliphatic rings. The molecule has 0 spiro atoms. The summed E-state index contributed by atoms with van der Waals surface area (Å²) < 4.78 is 44.4. The summed E-state index contributed by atoms with van der Waals surface area (Å²) in [5.41, 5.74) is 5.64. The first kappa shape index (κ1) is 24.7. The van der Waals surface area contributed by atoms with Crippen molar-refractivity contribution in [2.45, 2.75) is 44.9 Å². The zero-order valence-corrected chi connectivity index (χ0v) is 20.6. The van der Waals surface area contributed by atoms with Crippen molar-refractivity contribution in [1.29, 1.82) is 0 Å². The fourth-order valence-corrected chi connectivity index (χ4v) is 5.15. The molecule has 5 rings (SSSR count). The summed E-state index contributed by atoms with van der Waals surface area (Å²) >= 11 is 0. The Bertz CT molecular complexity index is 1130. The highest BCUT2D eigenvalue weighted by atomic mass is 19.4. The van der Waals surface area contributed by atoms with Crippen LogP contribution in [0, 0.1) is 0 Å². The van der Waals surface area contributed by atoms with E-state index in [4.69, 9.17) is 4.74 Å². The molecule has 1 aliphatic heterocycles. The van der Waals surface area contributed by atoms with E-state index in [9.17, 15) is 13.2 Å². The van der Waals surface area contributed by atoms with Crippen molar-refractivity contribution in [2.75, 3.05) is 37.6 Å². The summed E-state index contributed by atoms with van der Waals surface area (Å²) in [6, 6.07) is 20.7. The lowest BCUT2D eigenvalue weighted by Crippen LogP contribution is -2.47. The highest BCUT2D eigenvalue weighted by Crippen LogP contribution is 2.31. The summed E-state index contributed by atoms with van der Waals surface area (Å²) in [7, 11) is 0. The van der Waals surface area contributed by atoms with Crippen LogP contribution in [0.1, 0.15) is 40.7 Å². The highest BCUT2D eigenvalue weighted by Gasteiger charge is 2.30. The number of fused-ring (bicyclic) bond motifs is 1. The standard InChI is InChI=1S/C30H33F3N2O/c31-30(32,33)27-10-12-28(13-11-27)35-19-17-34(18-20-35)16-15-23-5-7-24(8-6-23)22-36-29-14-9-25-3-1-2-4-26(25)21-29/h5-14,21H,1-4,15-20,22H2. The molecule has 1 aliphatic carbocycles. The lowest BCUT2D eigenvalue weighted by Gasteiger charge is -2.36. The summed E-state index contributed by atoms with van der Waals surface area (Å²) in [5, 5.41) is 0. The molecule has 1 heterocycles. The van der Waals surface area contributed by atoms with Gasteiger partial charge in [-0.25, -0.2) is 0 Å². The van der Waals surface area contributed by atoms with Gasteiger partial charge in [0, 0.05) is 38.4 Å². The number of piperazine rings is 1. The van der Waals surface area contributed by atoms with E-state index in [2.05, 4.69) is 52.3 Å².